The Hall–Kier alpha value is -2.95. The van der Waals surface area contributed by atoms with Gasteiger partial charge in [0.05, 0.1) is 11.7 Å². The van der Waals surface area contributed by atoms with Crippen LogP contribution in [0.25, 0.3) is 11.3 Å². The van der Waals surface area contributed by atoms with E-state index in [1.165, 1.54) is 0 Å². The zero-order valence-electron chi connectivity index (χ0n) is 15.6. The quantitative estimate of drug-likeness (QED) is 0.698. The third-order valence-corrected chi connectivity index (χ3v) is 4.57. The van der Waals surface area contributed by atoms with Gasteiger partial charge >= 0.3 is 0 Å². The number of carbonyl (C=O) groups is 1. The molecule has 3 aromatic rings. The van der Waals surface area contributed by atoms with E-state index in [-0.39, 0.29) is 18.0 Å². The van der Waals surface area contributed by atoms with E-state index in [0.717, 1.165) is 16.8 Å². The molecular weight excluding hydrogens is 324 g/mol. The average molecular weight is 348 g/mol. The van der Waals surface area contributed by atoms with Gasteiger partial charge in [-0.3, -0.25) is 14.5 Å². The van der Waals surface area contributed by atoms with Gasteiger partial charge in [0.1, 0.15) is 5.69 Å². The summed E-state index contributed by atoms with van der Waals surface area (Å²) in [5, 5.41) is 4.52. The summed E-state index contributed by atoms with van der Waals surface area (Å²) < 4.78 is 1.66. The summed E-state index contributed by atoms with van der Waals surface area (Å²) in [4.78, 5) is 19.3. The SMILES string of the molecule is CC(C)N(C(=O)c1cc(-c2ccncc2)nn1C)C(C)c1ccccc1. The molecule has 26 heavy (non-hydrogen) atoms. The molecule has 3 rings (SSSR count). The van der Waals surface area contributed by atoms with Crippen LogP contribution in [-0.4, -0.2) is 31.6 Å². The predicted octanol–water partition coefficient (Wildman–Crippen LogP) is 4.09. The highest BCUT2D eigenvalue weighted by Gasteiger charge is 2.27. The first-order valence-corrected chi connectivity index (χ1v) is 8.81. The fourth-order valence-corrected chi connectivity index (χ4v) is 3.21. The molecule has 134 valence electrons. The molecule has 0 N–H and O–H groups in total. The first-order valence-electron chi connectivity index (χ1n) is 8.81. The summed E-state index contributed by atoms with van der Waals surface area (Å²) in [6.45, 7) is 6.14. The van der Waals surface area contributed by atoms with Crippen molar-refractivity contribution in [3.8, 4) is 11.3 Å². The topological polar surface area (TPSA) is 51.0 Å². The van der Waals surface area contributed by atoms with Gasteiger partial charge in [-0.1, -0.05) is 30.3 Å². The Morgan fingerprint density at radius 2 is 1.69 bits per heavy atom. The summed E-state index contributed by atoms with van der Waals surface area (Å²) in [6.07, 6.45) is 3.45. The van der Waals surface area contributed by atoms with E-state index in [1.54, 1.807) is 17.1 Å². The Morgan fingerprint density at radius 1 is 1.04 bits per heavy atom. The molecule has 1 aromatic carbocycles. The smallest absolute Gasteiger partial charge is 0.272 e. The van der Waals surface area contributed by atoms with Crippen molar-refractivity contribution in [3.63, 3.8) is 0 Å². The first-order chi connectivity index (χ1) is 12.5. The second kappa shape index (κ2) is 7.52. The fraction of sp³-hybridized carbons (Fsp3) is 0.286. The maximum absolute atomic E-state index is 13.3. The largest absolute Gasteiger partial charge is 0.328 e. The lowest BCUT2D eigenvalue weighted by atomic mass is 10.0. The fourth-order valence-electron chi connectivity index (χ4n) is 3.21. The zero-order valence-corrected chi connectivity index (χ0v) is 15.6. The van der Waals surface area contributed by atoms with Gasteiger partial charge in [-0.15, -0.1) is 0 Å². The van der Waals surface area contributed by atoms with E-state index >= 15 is 0 Å². The second-order valence-corrected chi connectivity index (χ2v) is 6.67. The Bertz CT molecular complexity index is 872. The maximum atomic E-state index is 13.3. The van der Waals surface area contributed by atoms with E-state index < -0.39 is 0 Å². The molecule has 5 nitrogen and oxygen atoms in total. The monoisotopic (exact) mass is 348 g/mol. The van der Waals surface area contributed by atoms with Gasteiger partial charge in [-0.05, 0) is 44.5 Å². The number of aromatic nitrogens is 3. The highest BCUT2D eigenvalue weighted by molar-refractivity contribution is 5.94. The Kier molecular flexibility index (Phi) is 5.16. The summed E-state index contributed by atoms with van der Waals surface area (Å²) in [5.41, 5.74) is 3.41. The number of pyridine rings is 1. The van der Waals surface area contributed by atoms with Crippen molar-refractivity contribution in [2.75, 3.05) is 0 Å². The minimum atomic E-state index is -0.0250. The average Bonchev–Trinajstić information content (AvgIpc) is 3.04. The van der Waals surface area contributed by atoms with Crippen LogP contribution in [0.4, 0.5) is 0 Å². The number of rotatable bonds is 5. The van der Waals surface area contributed by atoms with Crippen LogP contribution in [-0.2, 0) is 7.05 Å². The molecule has 0 aliphatic heterocycles. The molecule has 0 fully saturated rings. The van der Waals surface area contributed by atoms with Crippen molar-refractivity contribution >= 4 is 5.91 Å². The summed E-state index contributed by atoms with van der Waals surface area (Å²) in [6, 6.07) is 15.8. The second-order valence-electron chi connectivity index (χ2n) is 6.67. The summed E-state index contributed by atoms with van der Waals surface area (Å²) in [5.74, 6) is -0.0216. The van der Waals surface area contributed by atoms with E-state index in [1.807, 2.05) is 62.2 Å². The van der Waals surface area contributed by atoms with Gasteiger partial charge in [-0.25, -0.2) is 0 Å². The lowest BCUT2D eigenvalue weighted by Gasteiger charge is -2.33. The van der Waals surface area contributed by atoms with E-state index in [9.17, 15) is 4.79 Å². The summed E-state index contributed by atoms with van der Waals surface area (Å²) >= 11 is 0. The van der Waals surface area contributed by atoms with Crippen LogP contribution in [0.3, 0.4) is 0 Å². The van der Waals surface area contributed by atoms with E-state index in [2.05, 4.69) is 29.1 Å². The van der Waals surface area contributed by atoms with Gasteiger partial charge in [0, 0.05) is 31.0 Å². The van der Waals surface area contributed by atoms with Crippen LogP contribution >= 0.6 is 0 Å². The van der Waals surface area contributed by atoms with Crippen molar-refractivity contribution in [1.29, 1.82) is 0 Å². The zero-order chi connectivity index (χ0) is 18.7. The van der Waals surface area contributed by atoms with Gasteiger partial charge in [-0.2, -0.15) is 5.10 Å². The van der Waals surface area contributed by atoms with Crippen molar-refractivity contribution in [3.05, 3.63) is 72.2 Å². The van der Waals surface area contributed by atoms with Crippen LogP contribution in [0, 0.1) is 0 Å². The molecule has 1 atom stereocenters. The van der Waals surface area contributed by atoms with Crippen LogP contribution in [0.5, 0.6) is 0 Å². The van der Waals surface area contributed by atoms with Crippen molar-refractivity contribution in [2.24, 2.45) is 7.05 Å². The minimum Gasteiger partial charge on any atom is -0.328 e. The summed E-state index contributed by atoms with van der Waals surface area (Å²) in [7, 11) is 1.81. The number of benzene rings is 1. The standard InChI is InChI=1S/C21H24N4O/c1-15(2)25(16(3)17-8-6-5-7-9-17)21(26)20-14-19(23-24(20)4)18-10-12-22-13-11-18/h5-16H,1-4H3. The van der Waals surface area contributed by atoms with Crippen LogP contribution in [0.1, 0.15) is 42.9 Å². The molecule has 5 heteroatoms. The van der Waals surface area contributed by atoms with Crippen molar-refractivity contribution in [2.45, 2.75) is 32.9 Å². The first kappa shape index (κ1) is 17.9. The number of aryl methyl sites for hydroxylation is 1. The number of carbonyl (C=O) groups excluding carboxylic acids is 1. The predicted molar refractivity (Wildman–Crippen MR) is 103 cm³/mol. The number of hydrogen-bond donors (Lipinski definition) is 0. The molecular formula is C21H24N4O. The Morgan fingerprint density at radius 3 is 2.31 bits per heavy atom. The number of hydrogen-bond acceptors (Lipinski definition) is 3. The Labute approximate surface area is 154 Å². The molecule has 0 saturated carbocycles. The molecule has 2 heterocycles. The third-order valence-electron chi connectivity index (χ3n) is 4.57. The van der Waals surface area contributed by atoms with Gasteiger partial charge in [0.25, 0.3) is 5.91 Å². The van der Waals surface area contributed by atoms with Gasteiger partial charge in [0.15, 0.2) is 0 Å². The molecule has 2 aromatic heterocycles. The maximum Gasteiger partial charge on any atom is 0.272 e. The van der Waals surface area contributed by atoms with E-state index in [0.29, 0.717) is 5.69 Å². The molecule has 0 bridgehead atoms. The van der Waals surface area contributed by atoms with Crippen LogP contribution in [0.2, 0.25) is 0 Å². The molecule has 0 saturated heterocycles. The van der Waals surface area contributed by atoms with Crippen LogP contribution in [0.15, 0.2) is 60.9 Å². The molecule has 0 aliphatic rings. The minimum absolute atomic E-state index is 0.0216. The highest BCUT2D eigenvalue weighted by Crippen LogP contribution is 2.26. The number of amides is 1. The highest BCUT2D eigenvalue weighted by atomic mass is 16.2. The lowest BCUT2D eigenvalue weighted by molar-refractivity contribution is 0.0613. The van der Waals surface area contributed by atoms with Gasteiger partial charge in [0.2, 0.25) is 0 Å². The van der Waals surface area contributed by atoms with Gasteiger partial charge < -0.3 is 4.90 Å². The Balaban J connectivity index is 1.94. The number of nitrogens with zero attached hydrogens (tertiary/aromatic N) is 4. The molecule has 0 aliphatic carbocycles. The van der Waals surface area contributed by atoms with E-state index in [4.69, 9.17) is 0 Å². The van der Waals surface area contributed by atoms with Crippen molar-refractivity contribution < 1.29 is 4.79 Å². The molecule has 0 radical (unpaired) electrons. The molecule has 0 spiro atoms. The molecule has 1 amide bonds. The van der Waals surface area contributed by atoms with Crippen LogP contribution < -0.4 is 0 Å². The third kappa shape index (κ3) is 3.52. The van der Waals surface area contributed by atoms with Crippen molar-refractivity contribution in [1.82, 2.24) is 19.7 Å². The normalized spacial score (nSPS) is 12.2. The molecule has 1 unspecified atom stereocenters. The lowest BCUT2D eigenvalue weighted by Crippen LogP contribution is -2.39.